The number of hydrogen-bond donors (Lipinski definition) is 2. The highest BCUT2D eigenvalue weighted by Crippen LogP contribution is 2.21. The SMILES string of the molecule is COC(=O)c1cccc(C2=CCNCC2)c1.COC(=O)c1cccc(C2=CCNCC2)c1. The Hall–Kier alpha value is -3.22. The minimum atomic E-state index is -0.281. The third-order valence-electron chi connectivity index (χ3n) is 5.44. The lowest BCUT2D eigenvalue weighted by molar-refractivity contribution is 0.0592. The minimum absolute atomic E-state index is 0.281. The van der Waals surface area contributed by atoms with Crippen LogP contribution in [-0.2, 0) is 9.47 Å². The van der Waals surface area contributed by atoms with Gasteiger partial charge in [-0.15, -0.1) is 0 Å². The molecule has 0 fully saturated rings. The van der Waals surface area contributed by atoms with Crippen molar-refractivity contribution in [2.75, 3.05) is 40.4 Å². The molecule has 0 bridgehead atoms. The first kappa shape index (κ1) is 23.4. The number of hydrogen-bond acceptors (Lipinski definition) is 6. The van der Waals surface area contributed by atoms with E-state index in [-0.39, 0.29) is 11.9 Å². The van der Waals surface area contributed by atoms with E-state index in [1.165, 1.54) is 25.4 Å². The van der Waals surface area contributed by atoms with Crippen molar-refractivity contribution < 1.29 is 19.1 Å². The molecule has 2 aliphatic heterocycles. The maximum absolute atomic E-state index is 11.4. The van der Waals surface area contributed by atoms with Crippen LogP contribution in [0.2, 0.25) is 0 Å². The molecule has 168 valence electrons. The van der Waals surface area contributed by atoms with Gasteiger partial charge in [0.2, 0.25) is 0 Å². The van der Waals surface area contributed by atoms with Crippen molar-refractivity contribution in [2.45, 2.75) is 12.8 Å². The van der Waals surface area contributed by atoms with E-state index >= 15 is 0 Å². The molecule has 2 heterocycles. The van der Waals surface area contributed by atoms with Gasteiger partial charge in [0.05, 0.1) is 25.3 Å². The molecule has 0 spiro atoms. The molecule has 32 heavy (non-hydrogen) atoms. The highest BCUT2D eigenvalue weighted by atomic mass is 16.5. The summed E-state index contributed by atoms with van der Waals surface area (Å²) in [6.45, 7) is 3.79. The largest absolute Gasteiger partial charge is 0.465 e. The van der Waals surface area contributed by atoms with Crippen LogP contribution < -0.4 is 10.6 Å². The molecular weight excluding hydrogens is 404 g/mol. The predicted octanol–water partition coefficient (Wildman–Crippen LogP) is 3.70. The number of rotatable bonds is 4. The fourth-order valence-electron chi connectivity index (χ4n) is 3.70. The Morgan fingerprint density at radius 1 is 0.719 bits per heavy atom. The second-order valence-electron chi connectivity index (χ2n) is 7.51. The van der Waals surface area contributed by atoms with Crippen molar-refractivity contribution in [3.05, 3.63) is 82.9 Å². The summed E-state index contributed by atoms with van der Waals surface area (Å²) in [6, 6.07) is 15.2. The van der Waals surface area contributed by atoms with Gasteiger partial charge in [0.1, 0.15) is 0 Å². The summed E-state index contributed by atoms with van der Waals surface area (Å²) >= 11 is 0. The molecule has 2 aliphatic rings. The fourth-order valence-corrected chi connectivity index (χ4v) is 3.70. The molecule has 0 unspecified atom stereocenters. The van der Waals surface area contributed by atoms with E-state index in [9.17, 15) is 9.59 Å². The molecule has 4 rings (SSSR count). The molecule has 2 N–H and O–H groups in total. The minimum Gasteiger partial charge on any atom is -0.465 e. The molecule has 6 nitrogen and oxygen atoms in total. The van der Waals surface area contributed by atoms with Gasteiger partial charge in [-0.1, -0.05) is 36.4 Å². The molecule has 6 heteroatoms. The number of methoxy groups -OCH3 is 2. The summed E-state index contributed by atoms with van der Waals surface area (Å²) in [5.41, 5.74) is 6.04. The Labute approximate surface area is 189 Å². The number of carbonyl (C=O) groups excluding carboxylic acids is 2. The summed E-state index contributed by atoms with van der Waals surface area (Å²) in [7, 11) is 2.80. The van der Waals surface area contributed by atoms with Crippen LogP contribution in [0.25, 0.3) is 11.1 Å². The lowest BCUT2D eigenvalue weighted by atomic mass is 9.98. The first-order valence-corrected chi connectivity index (χ1v) is 10.8. The van der Waals surface area contributed by atoms with E-state index in [2.05, 4.69) is 22.8 Å². The van der Waals surface area contributed by atoms with E-state index in [0.29, 0.717) is 11.1 Å². The van der Waals surface area contributed by atoms with Gasteiger partial charge >= 0.3 is 11.9 Å². The Kier molecular flexibility index (Phi) is 8.78. The van der Waals surface area contributed by atoms with Gasteiger partial charge in [-0.05, 0) is 72.5 Å². The van der Waals surface area contributed by atoms with E-state index in [0.717, 1.165) is 50.1 Å². The second kappa shape index (κ2) is 12.0. The Morgan fingerprint density at radius 2 is 1.16 bits per heavy atom. The zero-order valence-electron chi connectivity index (χ0n) is 18.6. The first-order chi connectivity index (χ1) is 15.6. The van der Waals surface area contributed by atoms with Crippen LogP contribution in [0.4, 0.5) is 0 Å². The van der Waals surface area contributed by atoms with Gasteiger partial charge < -0.3 is 20.1 Å². The molecular formula is C26H30N2O4. The van der Waals surface area contributed by atoms with E-state index in [1.54, 1.807) is 12.1 Å². The summed E-state index contributed by atoms with van der Waals surface area (Å²) < 4.78 is 9.42. The third-order valence-corrected chi connectivity index (χ3v) is 5.44. The van der Waals surface area contributed by atoms with Crippen molar-refractivity contribution in [1.82, 2.24) is 10.6 Å². The Bertz CT molecular complexity index is 929. The lowest BCUT2D eigenvalue weighted by Gasteiger charge is -2.14. The Balaban J connectivity index is 0.000000181. The topological polar surface area (TPSA) is 76.7 Å². The number of carbonyl (C=O) groups is 2. The third kappa shape index (κ3) is 6.39. The van der Waals surface area contributed by atoms with Crippen molar-refractivity contribution in [2.24, 2.45) is 0 Å². The molecule has 0 aliphatic carbocycles. The maximum atomic E-state index is 11.4. The first-order valence-electron chi connectivity index (χ1n) is 10.8. The number of esters is 2. The quantitative estimate of drug-likeness (QED) is 0.715. The molecule has 0 saturated carbocycles. The standard InChI is InChI=1S/2C13H15NO2/c2*1-16-13(15)12-4-2-3-11(9-12)10-5-7-14-8-6-10/h2*2-5,9,14H,6-8H2,1H3. The van der Waals surface area contributed by atoms with Gasteiger partial charge in [-0.25, -0.2) is 9.59 Å². The normalized spacial score (nSPS) is 15.4. The molecule has 0 atom stereocenters. The van der Waals surface area contributed by atoms with Crippen LogP contribution in [0.5, 0.6) is 0 Å². The maximum Gasteiger partial charge on any atom is 0.337 e. The van der Waals surface area contributed by atoms with E-state index < -0.39 is 0 Å². The van der Waals surface area contributed by atoms with Crippen LogP contribution in [0.3, 0.4) is 0 Å². The fraction of sp³-hybridized carbons (Fsp3) is 0.308. The number of ether oxygens (including phenoxy) is 2. The monoisotopic (exact) mass is 434 g/mol. The van der Waals surface area contributed by atoms with Gasteiger partial charge in [-0.3, -0.25) is 0 Å². The van der Waals surface area contributed by atoms with Gasteiger partial charge in [0, 0.05) is 13.1 Å². The molecule has 2 aromatic rings. The highest BCUT2D eigenvalue weighted by molar-refractivity contribution is 5.91. The predicted molar refractivity (Wildman–Crippen MR) is 126 cm³/mol. The molecule has 2 aromatic carbocycles. The summed E-state index contributed by atoms with van der Waals surface area (Å²) in [5.74, 6) is -0.562. The average Bonchev–Trinajstić information content (AvgIpc) is 2.89. The lowest BCUT2D eigenvalue weighted by Crippen LogP contribution is -2.20. The van der Waals surface area contributed by atoms with Gasteiger partial charge in [0.25, 0.3) is 0 Å². The summed E-state index contributed by atoms with van der Waals surface area (Å²) in [5, 5.41) is 6.53. The van der Waals surface area contributed by atoms with Crippen molar-refractivity contribution >= 4 is 23.1 Å². The smallest absolute Gasteiger partial charge is 0.337 e. The molecule has 0 saturated heterocycles. The number of benzene rings is 2. The van der Waals surface area contributed by atoms with E-state index in [1.807, 2.05) is 36.4 Å². The summed E-state index contributed by atoms with van der Waals surface area (Å²) in [6.07, 6.45) is 6.34. The number of nitrogens with one attached hydrogen (secondary N) is 2. The Morgan fingerprint density at radius 3 is 1.50 bits per heavy atom. The summed E-state index contributed by atoms with van der Waals surface area (Å²) in [4.78, 5) is 22.8. The van der Waals surface area contributed by atoms with Crippen LogP contribution >= 0.6 is 0 Å². The molecule has 0 amide bonds. The van der Waals surface area contributed by atoms with Gasteiger partial charge in [-0.2, -0.15) is 0 Å². The van der Waals surface area contributed by atoms with Crippen LogP contribution in [0.1, 0.15) is 44.7 Å². The molecule has 0 aromatic heterocycles. The molecule has 0 radical (unpaired) electrons. The average molecular weight is 435 g/mol. The van der Waals surface area contributed by atoms with Crippen molar-refractivity contribution in [3.8, 4) is 0 Å². The zero-order chi connectivity index (χ0) is 22.8. The van der Waals surface area contributed by atoms with Crippen molar-refractivity contribution in [3.63, 3.8) is 0 Å². The van der Waals surface area contributed by atoms with Gasteiger partial charge in [0.15, 0.2) is 0 Å². The zero-order valence-corrected chi connectivity index (χ0v) is 18.6. The van der Waals surface area contributed by atoms with Crippen LogP contribution in [0.15, 0.2) is 60.7 Å². The van der Waals surface area contributed by atoms with Crippen molar-refractivity contribution in [1.29, 1.82) is 0 Å². The van der Waals surface area contributed by atoms with Crippen LogP contribution in [0, 0.1) is 0 Å². The van der Waals surface area contributed by atoms with Crippen LogP contribution in [-0.4, -0.2) is 52.3 Å². The second-order valence-corrected chi connectivity index (χ2v) is 7.51. The highest BCUT2D eigenvalue weighted by Gasteiger charge is 2.10. The van der Waals surface area contributed by atoms with E-state index in [4.69, 9.17) is 9.47 Å².